The number of anilines is 1. The maximum absolute atomic E-state index is 13.3. The van der Waals surface area contributed by atoms with Crippen LogP contribution in [0.5, 0.6) is 5.75 Å². The summed E-state index contributed by atoms with van der Waals surface area (Å²) in [6, 6.07) is 6.51. The zero-order valence-electron chi connectivity index (χ0n) is 16.4. The Hall–Kier alpha value is -2.06. The van der Waals surface area contributed by atoms with Crippen LogP contribution in [0.3, 0.4) is 0 Å². The smallest absolute Gasteiger partial charge is 0.425 e. The number of hydrogen-bond donors (Lipinski definition) is 1. The third kappa shape index (κ3) is 4.49. The molecule has 0 amide bonds. The van der Waals surface area contributed by atoms with Crippen LogP contribution in [-0.4, -0.2) is 17.1 Å². The van der Waals surface area contributed by atoms with Crippen molar-refractivity contribution >= 4 is 39.0 Å². The second-order valence-electron chi connectivity index (χ2n) is 7.42. The second kappa shape index (κ2) is 8.59. The predicted octanol–water partition coefficient (Wildman–Crippen LogP) is 7.03. The fraction of sp³-hybridized carbons (Fsp3) is 0.429. The molecule has 1 saturated carbocycles. The summed E-state index contributed by atoms with van der Waals surface area (Å²) in [6.07, 6.45) is 0.901. The summed E-state index contributed by atoms with van der Waals surface area (Å²) in [5.41, 5.74) is 0.873. The van der Waals surface area contributed by atoms with Crippen molar-refractivity contribution in [3.05, 3.63) is 45.6 Å². The van der Waals surface area contributed by atoms with E-state index in [0.29, 0.717) is 50.5 Å². The van der Waals surface area contributed by atoms with Gasteiger partial charge in [-0.25, -0.2) is 9.97 Å². The van der Waals surface area contributed by atoms with Crippen LogP contribution in [0.4, 0.5) is 19.0 Å². The minimum atomic E-state index is -4.41. The van der Waals surface area contributed by atoms with Crippen molar-refractivity contribution < 1.29 is 17.9 Å². The minimum Gasteiger partial charge on any atom is -0.495 e. The van der Waals surface area contributed by atoms with E-state index in [1.165, 1.54) is 6.42 Å². The maximum atomic E-state index is 13.3. The maximum Gasteiger partial charge on any atom is 0.425 e. The summed E-state index contributed by atoms with van der Waals surface area (Å²) >= 11 is 6.86. The Morgan fingerprint density at radius 2 is 1.93 bits per heavy atom. The molecule has 0 bridgehead atoms. The first-order chi connectivity index (χ1) is 14.3. The zero-order chi connectivity index (χ0) is 21.3. The normalized spacial score (nSPS) is 15.5. The third-order valence-corrected chi connectivity index (χ3v) is 6.71. The number of ether oxygens (including phenoxy) is 1. The SMILES string of the molecule is COc1ccc(CNc2nc(C3CCCCC3)nc3sc(C(F)(F)F)cc23)cc1Cl. The van der Waals surface area contributed by atoms with Crippen LogP contribution in [-0.2, 0) is 12.7 Å². The van der Waals surface area contributed by atoms with Crippen molar-refractivity contribution in [3.63, 3.8) is 0 Å². The van der Waals surface area contributed by atoms with Crippen LogP contribution < -0.4 is 10.1 Å². The van der Waals surface area contributed by atoms with E-state index in [4.69, 9.17) is 16.3 Å². The summed E-state index contributed by atoms with van der Waals surface area (Å²) in [5.74, 6) is 1.82. The van der Waals surface area contributed by atoms with Gasteiger partial charge in [-0.3, -0.25) is 0 Å². The first kappa shape index (κ1) is 21.2. The zero-order valence-corrected chi connectivity index (χ0v) is 17.9. The molecule has 0 saturated heterocycles. The van der Waals surface area contributed by atoms with Crippen LogP contribution in [0.2, 0.25) is 5.02 Å². The van der Waals surface area contributed by atoms with Crippen LogP contribution in [0.1, 0.15) is 54.3 Å². The average molecular weight is 456 g/mol. The highest BCUT2D eigenvalue weighted by molar-refractivity contribution is 7.18. The quantitative estimate of drug-likeness (QED) is 0.448. The average Bonchev–Trinajstić information content (AvgIpc) is 3.18. The highest BCUT2D eigenvalue weighted by atomic mass is 35.5. The Bertz CT molecular complexity index is 1050. The minimum absolute atomic E-state index is 0.190. The molecule has 0 unspecified atom stereocenters. The van der Waals surface area contributed by atoms with E-state index in [1.54, 1.807) is 19.2 Å². The Morgan fingerprint density at radius 1 is 1.17 bits per heavy atom. The summed E-state index contributed by atoms with van der Waals surface area (Å²) in [7, 11) is 1.54. The van der Waals surface area contributed by atoms with Crippen molar-refractivity contribution in [2.24, 2.45) is 0 Å². The van der Waals surface area contributed by atoms with Gasteiger partial charge in [-0.05, 0) is 36.6 Å². The van der Waals surface area contributed by atoms with Crippen LogP contribution in [0.15, 0.2) is 24.3 Å². The van der Waals surface area contributed by atoms with Gasteiger partial charge >= 0.3 is 6.18 Å². The molecule has 2 heterocycles. The monoisotopic (exact) mass is 455 g/mol. The predicted molar refractivity (Wildman–Crippen MR) is 114 cm³/mol. The number of fused-ring (bicyclic) bond motifs is 1. The molecule has 0 radical (unpaired) electrons. The highest BCUT2D eigenvalue weighted by Crippen LogP contribution is 2.41. The van der Waals surface area contributed by atoms with Crippen LogP contribution in [0, 0.1) is 0 Å². The molecule has 30 heavy (non-hydrogen) atoms. The fourth-order valence-electron chi connectivity index (χ4n) is 3.76. The van der Waals surface area contributed by atoms with E-state index in [2.05, 4.69) is 15.3 Å². The van der Waals surface area contributed by atoms with Gasteiger partial charge in [-0.2, -0.15) is 13.2 Å². The molecule has 3 aromatic rings. The molecule has 1 N–H and O–H groups in total. The molecule has 1 aliphatic rings. The molecule has 0 spiro atoms. The van der Waals surface area contributed by atoms with Gasteiger partial charge < -0.3 is 10.1 Å². The number of hydrogen-bond acceptors (Lipinski definition) is 5. The Labute approximate surface area is 181 Å². The first-order valence-corrected chi connectivity index (χ1v) is 11.0. The number of halogens is 4. The Morgan fingerprint density at radius 3 is 2.60 bits per heavy atom. The molecular formula is C21H21ClF3N3OS. The van der Waals surface area contributed by atoms with Crippen molar-refractivity contribution in [2.45, 2.75) is 50.7 Å². The largest absolute Gasteiger partial charge is 0.495 e. The molecule has 1 aliphatic carbocycles. The van der Waals surface area contributed by atoms with Crippen LogP contribution in [0.25, 0.3) is 10.2 Å². The molecule has 0 aliphatic heterocycles. The van der Waals surface area contributed by atoms with Gasteiger partial charge in [0.2, 0.25) is 0 Å². The highest BCUT2D eigenvalue weighted by Gasteiger charge is 2.34. The third-order valence-electron chi connectivity index (χ3n) is 5.34. The van der Waals surface area contributed by atoms with E-state index in [-0.39, 0.29) is 5.92 Å². The molecule has 1 fully saturated rings. The van der Waals surface area contributed by atoms with Gasteiger partial charge in [0.25, 0.3) is 0 Å². The topological polar surface area (TPSA) is 47.0 Å². The molecule has 0 atom stereocenters. The van der Waals surface area contributed by atoms with Gasteiger partial charge in [0.05, 0.1) is 17.5 Å². The Kier molecular flexibility index (Phi) is 6.06. The number of thiophene rings is 1. The standard InChI is InChI=1S/C21H21ClF3N3OS/c1-29-16-8-7-12(9-15(16)22)11-26-19-14-10-17(21(23,24)25)30-20(14)28-18(27-19)13-5-3-2-4-6-13/h7-10,13H,2-6,11H2,1H3,(H,26,27,28). The number of aromatic nitrogens is 2. The lowest BCUT2D eigenvalue weighted by molar-refractivity contribution is -0.134. The summed E-state index contributed by atoms with van der Waals surface area (Å²) in [6.45, 7) is 0.372. The molecule has 160 valence electrons. The first-order valence-electron chi connectivity index (χ1n) is 9.80. The summed E-state index contributed by atoms with van der Waals surface area (Å²) < 4.78 is 45.0. The second-order valence-corrected chi connectivity index (χ2v) is 8.85. The number of nitrogens with zero attached hydrogens (tertiary/aromatic N) is 2. The van der Waals surface area contributed by atoms with Gasteiger partial charge in [-0.15, -0.1) is 11.3 Å². The lowest BCUT2D eigenvalue weighted by Gasteiger charge is -2.21. The van der Waals surface area contributed by atoms with E-state index in [9.17, 15) is 13.2 Å². The van der Waals surface area contributed by atoms with E-state index < -0.39 is 11.1 Å². The molecule has 1 aromatic carbocycles. The summed E-state index contributed by atoms with van der Waals surface area (Å²) in [5, 5.41) is 4.07. The number of methoxy groups -OCH3 is 1. The van der Waals surface area contributed by atoms with Gasteiger partial charge in [-0.1, -0.05) is 36.9 Å². The molecule has 4 rings (SSSR count). The van der Waals surface area contributed by atoms with Crippen molar-refractivity contribution in [1.82, 2.24) is 9.97 Å². The molecule has 2 aromatic heterocycles. The lowest BCUT2D eigenvalue weighted by Crippen LogP contribution is -2.11. The fourth-order valence-corrected chi connectivity index (χ4v) is 4.95. The van der Waals surface area contributed by atoms with E-state index in [0.717, 1.165) is 37.3 Å². The van der Waals surface area contributed by atoms with Gasteiger partial charge in [0, 0.05) is 12.5 Å². The van der Waals surface area contributed by atoms with Crippen LogP contribution >= 0.6 is 22.9 Å². The van der Waals surface area contributed by atoms with Crippen molar-refractivity contribution in [3.8, 4) is 5.75 Å². The van der Waals surface area contributed by atoms with Crippen molar-refractivity contribution in [2.75, 3.05) is 12.4 Å². The van der Waals surface area contributed by atoms with Gasteiger partial charge in [0.15, 0.2) is 0 Å². The number of nitrogens with one attached hydrogen (secondary N) is 1. The number of alkyl halides is 3. The van der Waals surface area contributed by atoms with Gasteiger partial charge in [0.1, 0.15) is 27.1 Å². The number of benzene rings is 1. The van der Waals surface area contributed by atoms with E-state index in [1.807, 2.05) is 6.07 Å². The Balaban J connectivity index is 1.68. The van der Waals surface area contributed by atoms with Crippen molar-refractivity contribution in [1.29, 1.82) is 0 Å². The number of rotatable bonds is 5. The lowest BCUT2D eigenvalue weighted by atomic mass is 9.88. The molecule has 4 nitrogen and oxygen atoms in total. The van der Waals surface area contributed by atoms with E-state index >= 15 is 0 Å². The molecular weight excluding hydrogens is 435 g/mol. The molecule has 9 heteroatoms. The summed E-state index contributed by atoms with van der Waals surface area (Å²) in [4.78, 5) is 8.87.